The molecule has 1 atom stereocenters. The molecule has 2 aliphatic heterocycles. The molecular weight excluding hydrogens is 384 g/mol. The topological polar surface area (TPSA) is 23.6 Å². The Kier molecular flexibility index (Phi) is 4.89. The van der Waals surface area contributed by atoms with Crippen LogP contribution < -0.4 is 0 Å². The van der Waals surface area contributed by atoms with Crippen LogP contribution in [0.25, 0.3) is 0 Å². The van der Waals surface area contributed by atoms with Gasteiger partial charge in [-0.3, -0.25) is 9.69 Å². The lowest BCUT2D eigenvalue weighted by Gasteiger charge is -2.61. The molecule has 0 radical (unpaired) electrons. The minimum atomic E-state index is -4.34. The highest BCUT2D eigenvalue weighted by Gasteiger charge is 2.53. The van der Waals surface area contributed by atoms with Gasteiger partial charge in [0.1, 0.15) is 5.82 Å². The summed E-state index contributed by atoms with van der Waals surface area (Å²) in [4.78, 5) is 16.3. The average Bonchev–Trinajstić information content (AvgIpc) is 2.60. The minimum Gasteiger partial charge on any atom is -0.341 e. The van der Waals surface area contributed by atoms with Gasteiger partial charge in [0.25, 0.3) is 0 Å². The summed E-state index contributed by atoms with van der Waals surface area (Å²) in [5, 5.41) is 0. The molecule has 29 heavy (non-hydrogen) atoms. The van der Waals surface area contributed by atoms with Crippen molar-refractivity contribution < 1.29 is 22.4 Å². The quantitative estimate of drug-likeness (QED) is 0.708. The van der Waals surface area contributed by atoms with Crippen LogP contribution in [0.4, 0.5) is 17.6 Å². The maximum absolute atomic E-state index is 13.0. The van der Waals surface area contributed by atoms with Crippen LogP contribution >= 0.6 is 0 Å². The van der Waals surface area contributed by atoms with Crippen molar-refractivity contribution in [2.24, 2.45) is 5.41 Å². The Morgan fingerprint density at radius 1 is 1.07 bits per heavy atom. The van der Waals surface area contributed by atoms with Crippen LogP contribution in [0.15, 0.2) is 48.5 Å². The second-order valence-corrected chi connectivity index (χ2v) is 8.26. The largest absolute Gasteiger partial charge is 0.416 e. The van der Waals surface area contributed by atoms with Gasteiger partial charge in [-0.1, -0.05) is 24.3 Å². The summed E-state index contributed by atoms with van der Waals surface area (Å²) >= 11 is 0. The molecule has 3 nitrogen and oxygen atoms in total. The molecule has 2 aliphatic rings. The molecule has 2 heterocycles. The van der Waals surface area contributed by atoms with Gasteiger partial charge in [-0.05, 0) is 42.3 Å². The van der Waals surface area contributed by atoms with Gasteiger partial charge < -0.3 is 4.90 Å². The summed E-state index contributed by atoms with van der Waals surface area (Å²) in [7, 11) is 0. The third-order valence-corrected chi connectivity index (χ3v) is 5.99. The molecule has 0 N–H and O–H groups in total. The molecule has 2 aromatic carbocycles. The molecule has 2 fully saturated rings. The zero-order chi connectivity index (χ0) is 20.8. The van der Waals surface area contributed by atoms with Crippen molar-refractivity contribution in [2.75, 3.05) is 26.2 Å². The third kappa shape index (κ3) is 4.01. The fraction of sp³-hybridized carbons (Fsp3) is 0.409. The fourth-order valence-corrected chi connectivity index (χ4v) is 4.30. The molecule has 0 bridgehead atoms. The van der Waals surface area contributed by atoms with Gasteiger partial charge in [-0.25, -0.2) is 4.39 Å². The van der Waals surface area contributed by atoms with E-state index in [0.29, 0.717) is 18.7 Å². The van der Waals surface area contributed by atoms with Gasteiger partial charge in [0.05, 0.1) is 12.0 Å². The number of carbonyl (C=O) groups is 1. The van der Waals surface area contributed by atoms with Gasteiger partial charge in [-0.2, -0.15) is 13.2 Å². The summed E-state index contributed by atoms with van der Waals surface area (Å²) in [6, 6.07) is 11.3. The molecular formula is C22H22F4N2O. The molecule has 1 amide bonds. The zero-order valence-electron chi connectivity index (χ0n) is 16.0. The third-order valence-electron chi connectivity index (χ3n) is 5.99. The lowest BCUT2D eigenvalue weighted by molar-refractivity contribution is -0.162. The van der Waals surface area contributed by atoms with Gasteiger partial charge in [0, 0.05) is 37.6 Å². The van der Waals surface area contributed by atoms with Gasteiger partial charge >= 0.3 is 6.18 Å². The molecule has 154 valence electrons. The zero-order valence-corrected chi connectivity index (χ0v) is 16.0. The number of carbonyl (C=O) groups excluding carboxylic acids is 1. The summed E-state index contributed by atoms with van der Waals surface area (Å²) in [5.41, 5.74) is 0.858. The summed E-state index contributed by atoms with van der Waals surface area (Å²) in [5.74, 6) is -0.305. The van der Waals surface area contributed by atoms with Crippen molar-refractivity contribution >= 4 is 5.91 Å². The average molecular weight is 406 g/mol. The molecule has 4 rings (SSSR count). The number of halogens is 4. The minimum absolute atomic E-state index is 0.0200. The number of nitrogens with zero attached hydrogens (tertiary/aromatic N) is 2. The molecule has 0 aliphatic carbocycles. The van der Waals surface area contributed by atoms with E-state index < -0.39 is 11.7 Å². The van der Waals surface area contributed by atoms with Crippen LogP contribution in [0.2, 0.25) is 0 Å². The Morgan fingerprint density at radius 2 is 1.72 bits per heavy atom. The van der Waals surface area contributed by atoms with E-state index in [4.69, 9.17) is 0 Å². The Bertz CT molecular complexity index is 896. The van der Waals surface area contributed by atoms with Gasteiger partial charge in [0.2, 0.25) is 5.91 Å². The molecule has 7 heteroatoms. The molecule has 1 spiro atoms. The fourth-order valence-electron chi connectivity index (χ4n) is 4.30. The van der Waals surface area contributed by atoms with E-state index in [0.717, 1.165) is 24.7 Å². The molecule has 0 aromatic heterocycles. The van der Waals surface area contributed by atoms with Crippen molar-refractivity contribution in [3.8, 4) is 0 Å². The first-order chi connectivity index (χ1) is 13.7. The van der Waals surface area contributed by atoms with Gasteiger partial charge in [0.15, 0.2) is 0 Å². The van der Waals surface area contributed by atoms with E-state index in [1.54, 1.807) is 23.1 Å². The van der Waals surface area contributed by atoms with Crippen LogP contribution in [-0.2, 0) is 17.4 Å². The predicted octanol–water partition coefficient (Wildman–Crippen LogP) is 4.29. The SMILES string of the molecule is CC(c1cccc(C(F)(F)F)c1)N1CC2(CN(C(=O)Cc3ccc(F)cc3)C2)C1. The first-order valence-electron chi connectivity index (χ1n) is 9.59. The number of hydrogen-bond acceptors (Lipinski definition) is 2. The number of amides is 1. The normalized spacial score (nSPS) is 19.6. The molecule has 2 saturated heterocycles. The Labute approximate surface area is 166 Å². The van der Waals surface area contributed by atoms with Crippen molar-refractivity contribution in [1.82, 2.24) is 9.80 Å². The van der Waals surface area contributed by atoms with E-state index >= 15 is 0 Å². The second kappa shape index (κ2) is 7.13. The van der Waals surface area contributed by atoms with E-state index in [1.807, 2.05) is 6.92 Å². The van der Waals surface area contributed by atoms with Crippen LogP contribution in [0.3, 0.4) is 0 Å². The van der Waals surface area contributed by atoms with E-state index in [-0.39, 0.29) is 29.6 Å². The number of likely N-dealkylation sites (tertiary alicyclic amines) is 2. The Balaban J connectivity index is 1.29. The lowest BCUT2D eigenvalue weighted by Crippen LogP contribution is -2.73. The highest BCUT2D eigenvalue weighted by atomic mass is 19.4. The van der Waals surface area contributed by atoms with Crippen LogP contribution in [-0.4, -0.2) is 41.9 Å². The summed E-state index contributed by atoms with van der Waals surface area (Å²) < 4.78 is 51.8. The van der Waals surface area contributed by atoms with Crippen molar-refractivity contribution in [1.29, 1.82) is 0 Å². The number of benzene rings is 2. The highest BCUT2D eigenvalue weighted by Crippen LogP contribution is 2.44. The van der Waals surface area contributed by atoms with Crippen LogP contribution in [0.1, 0.15) is 29.7 Å². The molecule has 1 unspecified atom stereocenters. The maximum atomic E-state index is 13.0. The first kappa shape index (κ1) is 19.9. The maximum Gasteiger partial charge on any atom is 0.416 e. The smallest absolute Gasteiger partial charge is 0.341 e. The second-order valence-electron chi connectivity index (χ2n) is 8.26. The van der Waals surface area contributed by atoms with Crippen LogP contribution in [0, 0.1) is 11.2 Å². The summed E-state index contributed by atoms with van der Waals surface area (Å²) in [6.45, 7) is 4.78. The Hall–Kier alpha value is -2.41. The van der Waals surface area contributed by atoms with Gasteiger partial charge in [-0.15, -0.1) is 0 Å². The van der Waals surface area contributed by atoms with E-state index in [2.05, 4.69) is 4.90 Å². The van der Waals surface area contributed by atoms with Crippen molar-refractivity contribution in [3.05, 3.63) is 71.0 Å². The van der Waals surface area contributed by atoms with Crippen LogP contribution in [0.5, 0.6) is 0 Å². The van der Waals surface area contributed by atoms with Crippen molar-refractivity contribution in [2.45, 2.75) is 25.6 Å². The number of alkyl halides is 3. The predicted molar refractivity (Wildman–Crippen MR) is 101 cm³/mol. The van der Waals surface area contributed by atoms with Crippen molar-refractivity contribution in [3.63, 3.8) is 0 Å². The highest BCUT2D eigenvalue weighted by molar-refractivity contribution is 5.79. The molecule has 2 aromatic rings. The molecule has 0 saturated carbocycles. The standard InChI is InChI=1S/C22H22F4N2O/c1-15(17-3-2-4-18(10-17)22(24,25)26)27-11-21(12-27)13-28(14-21)20(29)9-16-5-7-19(23)8-6-16/h2-8,10,15H,9,11-14H2,1H3. The Morgan fingerprint density at radius 3 is 2.34 bits per heavy atom. The number of rotatable bonds is 4. The monoisotopic (exact) mass is 406 g/mol. The summed E-state index contributed by atoms with van der Waals surface area (Å²) in [6.07, 6.45) is -4.09. The lowest BCUT2D eigenvalue weighted by atomic mass is 9.71. The van der Waals surface area contributed by atoms with E-state index in [1.165, 1.54) is 24.3 Å². The van der Waals surface area contributed by atoms with E-state index in [9.17, 15) is 22.4 Å². The number of hydrogen-bond donors (Lipinski definition) is 0. The first-order valence-corrected chi connectivity index (χ1v) is 9.59.